The monoisotopic (exact) mass is 489 g/mol. The van der Waals surface area contributed by atoms with Gasteiger partial charge in [0.05, 0.1) is 40.0 Å². The number of nitrogens with two attached hydrogens (primary N) is 1. The number of carbonyl (C=O) groups excluding carboxylic acids is 1. The predicted molar refractivity (Wildman–Crippen MR) is 129 cm³/mol. The van der Waals surface area contributed by atoms with Gasteiger partial charge in [-0.2, -0.15) is 0 Å². The van der Waals surface area contributed by atoms with Crippen LogP contribution in [0.1, 0.15) is 29.8 Å². The summed E-state index contributed by atoms with van der Waals surface area (Å²) in [5, 5.41) is 10.4. The molecule has 11 heteroatoms. The Labute approximate surface area is 201 Å². The van der Waals surface area contributed by atoms with Gasteiger partial charge >= 0.3 is 0 Å². The Hall–Kier alpha value is -3.24. The summed E-state index contributed by atoms with van der Waals surface area (Å²) in [6.45, 7) is 6.89. The number of carbonyl (C=O) groups is 1. The lowest BCUT2D eigenvalue weighted by molar-refractivity contribution is 0.102. The summed E-state index contributed by atoms with van der Waals surface area (Å²) in [6.07, 6.45) is 2.93. The van der Waals surface area contributed by atoms with Gasteiger partial charge in [0.1, 0.15) is 5.69 Å². The lowest BCUT2D eigenvalue weighted by Gasteiger charge is -2.44. The van der Waals surface area contributed by atoms with E-state index in [9.17, 15) is 9.18 Å². The Balaban J connectivity index is 1.78. The fourth-order valence-corrected chi connectivity index (χ4v) is 4.40. The minimum absolute atomic E-state index is 0.0239. The highest BCUT2D eigenvalue weighted by atomic mass is 35.5. The first kappa shape index (κ1) is 23.9. The molecule has 1 saturated heterocycles. The molecule has 0 bridgehead atoms. The number of nitrogens with one attached hydrogen (secondary N) is 1. The SMILES string of the molecule is Cc1c(F)c(N)cc(C(=O)Nc2cc(-n3ccnn3)c(F)cc2N2C[C@@H](C)N(C)[C@@H](C)C2)c1Cl. The second-order valence-electron chi connectivity index (χ2n) is 8.66. The fraction of sp³-hybridized carbons (Fsp3) is 0.348. The van der Waals surface area contributed by atoms with Crippen LogP contribution in [0.25, 0.3) is 5.69 Å². The van der Waals surface area contributed by atoms with Gasteiger partial charge in [0.15, 0.2) is 11.6 Å². The van der Waals surface area contributed by atoms with Crippen LogP contribution in [0.15, 0.2) is 30.6 Å². The van der Waals surface area contributed by atoms with Gasteiger partial charge < -0.3 is 16.0 Å². The van der Waals surface area contributed by atoms with Crippen LogP contribution >= 0.6 is 11.6 Å². The van der Waals surface area contributed by atoms with Gasteiger partial charge in [-0.15, -0.1) is 5.10 Å². The Bertz CT molecular complexity index is 1220. The molecule has 1 aromatic heterocycles. The van der Waals surface area contributed by atoms with E-state index in [4.69, 9.17) is 17.3 Å². The van der Waals surface area contributed by atoms with Crippen molar-refractivity contribution in [1.29, 1.82) is 0 Å². The Morgan fingerprint density at radius 1 is 1.18 bits per heavy atom. The van der Waals surface area contributed by atoms with E-state index in [1.165, 1.54) is 42.2 Å². The minimum atomic E-state index is -0.669. The zero-order valence-corrected chi connectivity index (χ0v) is 20.1. The predicted octanol–water partition coefficient (Wildman–Crippen LogP) is 3.87. The molecular formula is C23H26ClF2N7O. The number of piperazine rings is 1. The number of halogens is 3. The summed E-state index contributed by atoms with van der Waals surface area (Å²) in [4.78, 5) is 17.5. The summed E-state index contributed by atoms with van der Waals surface area (Å²) in [5.41, 5.74) is 6.64. The molecule has 0 radical (unpaired) electrons. The van der Waals surface area contributed by atoms with Crippen molar-refractivity contribution in [3.8, 4) is 5.69 Å². The van der Waals surface area contributed by atoms with Crippen molar-refractivity contribution in [3.63, 3.8) is 0 Å². The van der Waals surface area contributed by atoms with Gasteiger partial charge in [-0.1, -0.05) is 16.8 Å². The maximum atomic E-state index is 15.2. The topological polar surface area (TPSA) is 92.3 Å². The molecule has 2 atom stereocenters. The molecule has 1 aliphatic heterocycles. The summed E-state index contributed by atoms with van der Waals surface area (Å²) in [5.74, 6) is -1.78. The number of nitrogen functional groups attached to an aromatic ring is 1. The molecule has 0 spiro atoms. The fourth-order valence-electron chi connectivity index (χ4n) is 4.18. The Kier molecular flexibility index (Phi) is 6.46. The van der Waals surface area contributed by atoms with E-state index in [1.807, 2.05) is 11.9 Å². The van der Waals surface area contributed by atoms with Crippen molar-refractivity contribution in [2.75, 3.05) is 36.1 Å². The third-order valence-electron chi connectivity index (χ3n) is 6.38. The first-order valence-corrected chi connectivity index (χ1v) is 11.2. The van der Waals surface area contributed by atoms with E-state index >= 15 is 4.39 Å². The number of hydrogen-bond donors (Lipinski definition) is 2. The van der Waals surface area contributed by atoms with Gasteiger partial charge in [0.2, 0.25) is 0 Å². The van der Waals surface area contributed by atoms with Crippen molar-refractivity contribution in [2.24, 2.45) is 0 Å². The lowest BCUT2D eigenvalue weighted by Crippen LogP contribution is -2.55. The van der Waals surface area contributed by atoms with Gasteiger partial charge in [0.25, 0.3) is 5.91 Å². The lowest BCUT2D eigenvalue weighted by atomic mass is 10.1. The summed E-state index contributed by atoms with van der Waals surface area (Å²) >= 11 is 6.26. The van der Waals surface area contributed by atoms with Crippen molar-refractivity contribution >= 4 is 34.6 Å². The van der Waals surface area contributed by atoms with E-state index in [-0.39, 0.29) is 39.6 Å². The van der Waals surface area contributed by atoms with Gasteiger partial charge in [-0.3, -0.25) is 9.69 Å². The number of nitrogens with zero attached hydrogens (tertiary/aromatic N) is 5. The number of aromatic nitrogens is 3. The molecule has 3 aromatic rings. The Morgan fingerprint density at radius 2 is 1.85 bits per heavy atom. The van der Waals surface area contributed by atoms with Crippen molar-refractivity contribution in [1.82, 2.24) is 19.9 Å². The molecule has 34 heavy (non-hydrogen) atoms. The molecule has 3 N–H and O–H groups in total. The third-order valence-corrected chi connectivity index (χ3v) is 6.86. The molecule has 8 nitrogen and oxygen atoms in total. The number of amides is 1. The molecule has 2 aromatic carbocycles. The van der Waals surface area contributed by atoms with Crippen LogP contribution < -0.4 is 16.0 Å². The second-order valence-corrected chi connectivity index (χ2v) is 9.04. The zero-order chi connectivity index (χ0) is 24.7. The van der Waals surface area contributed by atoms with Crippen LogP contribution in [-0.4, -0.2) is 58.0 Å². The average Bonchev–Trinajstić information content (AvgIpc) is 3.33. The molecular weight excluding hydrogens is 464 g/mol. The molecule has 2 heterocycles. The van der Waals surface area contributed by atoms with E-state index in [1.54, 1.807) is 0 Å². The van der Waals surface area contributed by atoms with Crippen LogP contribution in [0.5, 0.6) is 0 Å². The molecule has 0 unspecified atom stereocenters. The quantitative estimate of drug-likeness (QED) is 0.540. The van der Waals surface area contributed by atoms with Crippen molar-refractivity contribution < 1.29 is 13.6 Å². The molecule has 1 aliphatic rings. The van der Waals surface area contributed by atoms with Crippen LogP contribution in [0, 0.1) is 18.6 Å². The number of rotatable bonds is 4. The van der Waals surface area contributed by atoms with Gasteiger partial charge in [-0.05, 0) is 40.0 Å². The number of anilines is 3. The van der Waals surface area contributed by atoms with Gasteiger partial charge in [-0.25, -0.2) is 13.5 Å². The summed E-state index contributed by atoms with van der Waals surface area (Å²) in [6, 6.07) is 4.49. The van der Waals surface area contributed by atoms with Gasteiger partial charge in [0, 0.05) is 36.8 Å². The standard InChI is InChI=1S/C23H26ClF2N7O/c1-12-10-32(11-13(2)31(12)4)20-8-16(25)19(33-6-5-28-30-33)9-18(20)29-23(34)15-7-17(27)22(26)14(3)21(15)24/h5-9,12-13H,10-11,27H2,1-4H3,(H,29,34)/t12-,13+. The minimum Gasteiger partial charge on any atom is -0.396 e. The maximum absolute atomic E-state index is 15.2. The number of hydrogen-bond acceptors (Lipinski definition) is 6. The maximum Gasteiger partial charge on any atom is 0.257 e. The van der Waals surface area contributed by atoms with Crippen LogP contribution in [-0.2, 0) is 0 Å². The highest BCUT2D eigenvalue weighted by Crippen LogP contribution is 2.35. The molecule has 0 saturated carbocycles. The van der Waals surface area contributed by atoms with Crippen molar-refractivity contribution in [3.05, 3.63) is 58.4 Å². The molecule has 4 rings (SSSR count). The first-order chi connectivity index (χ1) is 16.1. The van der Waals surface area contributed by atoms with Crippen LogP contribution in [0.2, 0.25) is 5.02 Å². The molecule has 0 aliphatic carbocycles. The van der Waals surface area contributed by atoms with Crippen molar-refractivity contribution in [2.45, 2.75) is 32.9 Å². The smallest absolute Gasteiger partial charge is 0.257 e. The third kappa shape index (κ3) is 4.30. The summed E-state index contributed by atoms with van der Waals surface area (Å²) in [7, 11) is 2.05. The second kappa shape index (κ2) is 9.19. The van der Waals surface area contributed by atoms with Crippen LogP contribution in [0.3, 0.4) is 0 Å². The molecule has 1 amide bonds. The van der Waals surface area contributed by atoms with E-state index in [0.29, 0.717) is 24.5 Å². The molecule has 1 fully saturated rings. The summed E-state index contributed by atoms with van der Waals surface area (Å²) < 4.78 is 30.6. The molecule has 180 valence electrons. The number of likely N-dealkylation sites (N-methyl/N-ethyl adjacent to an activating group) is 1. The van der Waals surface area contributed by atoms with E-state index in [0.717, 1.165) is 0 Å². The average molecular weight is 490 g/mol. The van der Waals surface area contributed by atoms with E-state index in [2.05, 4.69) is 34.4 Å². The highest BCUT2D eigenvalue weighted by Gasteiger charge is 2.29. The highest BCUT2D eigenvalue weighted by molar-refractivity contribution is 6.35. The number of benzene rings is 2. The Morgan fingerprint density at radius 3 is 2.47 bits per heavy atom. The van der Waals surface area contributed by atoms with Crippen LogP contribution in [0.4, 0.5) is 25.8 Å². The largest absolute Gasteiger partial charge is 0.396 e. The zero-order valence-electron chi connectivity index (χ0n) is 19.3. The normalized spacial score (nSPS) is 18.9. The first-order valence-electron chi connectivity index (χ1n) is 10.8. The van der Waals surface area contributed by atoms with E-state index < -0.39 is 17.5 Å².